The molecule has 2 heteroatoms. The third-order valence-electron chi connectivity index (χ3n) is 8.48. The number of fused-ring (bicyclic) bond motifs is 3. The highest BCUT2D eigenvalue weighted by atomic mass is 16.3. The van der Waals surface area contributed by atoms with Gasteiger partial charge in [0.15, 0.2) is 0 Å². The van der Waals surface area contributed by atoms with E-state index in [1.807, 2.05) is 133 Å². The van der Waals surface area contributed by atoms with Gasteiger partial charge < -0.3 is 10.2 Å². The van der Waals surface area contributed by atoms with Crippen molar-refractivity contribution in [2.75, 3.05) is 0 Å². The molecule has 0 aromatic heterocycles. The molecule has 198 valence electrons. The first-order valence-electron chi connectivity index (χ1n) is 14.0. The molecule has 1 aliphatic rings. The lowest BCUT2D eigenvalue weighted by atomic mass is 9.79. The minimum absolute atomic E-state index is 0.728. The summed E-state index contributed by atoms with van der Waals surface area (Å²) in [6, 6.07) is 52.1. The lowest BCUT2D eigenvalue weighted by Crippen LogP contribution is -2.29. The normalized spacial score (nSPS) is 12.5. The van der Waals surface area contributed by atoms with Crippen molar-refractivity contribution in [3.05, 3.63) is 202 Å². The van der Waals surface area contributed by atoms with Gasteiger partial charge in [0, 0.05) is 0 Å². The molecule has 0 heterocycles. The molecule has 0 saturated heterocycles. The summed E-state index contributed by atoms with van der Waals surface area (Å²) in [5, 5.41) is 24.7. The summed E-state index contributed by atoms with van der Waals surface area (Å²) in [5.74, 6) is 0. The maximum Gasteiger partial charge on any atom is 0.140 e. The highest BCUT2D eigenvalue weighted by molar-refractivity contribution is 5.78. The van der Waals surface area contributed by atoms with E-state index in [2.05, 4.69) is 24.3 Å². The van der Waals surface area contributed by atoms with E-state index in [0.29, 0.717) is 0 Å². The van der Waals surface area contributed by atoms with E-state index in [9.17, 15) is 10.2 Å². The Kier molecular flexibility index (Phi) is 6.16. The first kappa shape index (κ1) is 25.2. The van der Waals surface area contributed by atoms with Crippen molar-refractivity contribution in [1.29, 1.82) is 0 Å². The largest absolute Gasteiger partial charge is 0.376 e. The Balaban J connectivity index is 1.32. The standard InChI is InChI=1S/C39H30O2/c40-38(30-13-5-1-6-14-30,31-15-7-2-8-16-31)34-21-23-36-28(26-34)25-29-27-35(22-24-37(29)36)39(41,32-17-9-3-10-18-32)33-19-11-4-12-20-33/h1-24,26-27,40-41H,25H2. The van der Waals surface area contributed by atoms with Gasteiger partial charge in [-0.2, -0.15) is 0 Å². The number of rotatable bonds is 6. The third-order valence-corrected chi connectivity index (χ3v) is 8.48. The van der Waals surface area contributed by atoms with E-state index in [4.69, 9.17) is 0 Å². The molecule has 0 radical (unpaired) electrons. The fourth-order valence-electron chi connectivity index (χ4n) is 6.38. The summed E-state index contributed by atoms with van der Waals surface area (Å²) >= 11 is 0. The Morgan fingerprint density at radius 3 is 0.927 bits per heavy atom. The van der Waals surface area contributed by atoms with Crippen molar-refractivity contribution in [3.63, 3.8) is 0 Å². The number of hydrogen-bond acceptors (Lipinski definition) is 2. The molecular weight excluding hydrogens is 500 g/mol. The second kappa shape index (κ2) is 10.0. The molecule has 0 spiro atoms. The van der Waals surface area contributed by atoms with E-state index in [0.717, 1.165) is 39.8 Å². The smallest absolute Gasteiger partial charge is 0.140 e. The molecular formula is C39H30O2. The van der Waals surface area contributed by atoms with Gasteiger partial charge in [-0.15, -0.1) is 0 Å². The van der Waals surface area contributed by atoms with Gasteiger partial charge in [0.25, 0.3) is 0 Å². The lowest BCUT2D eigenvalue weighted by Gasteiger charge is -2.30. The average molecular weight is 531 g/mol. The van der Waals surface area contributed by atoms with Gasteiger partial charge >= 0.3 is 0 Å². The molecule has 0 atom stereocenters. The Morgan fingerprint density at radius 2 is 0.634 bits per heavy atom. The summed E-state index contributed by atoms with van der Waals surface area (Å²) in [6.07, 6.45) is 0.728. The quantitative estimate of drug-likeness (QED) is 0.215. The van der Waals surface area contributed by atoms with Crippen molar-refractivity contribution >= 4 is 0 Å². The van der Waals surface area contributed by atoms with Gasteiger partial charge in [-0.1, -0.05) is 158 Å². The van der Waals surface area contributed by atoms with Crippen LogP contribution in [0.1, 0.15) is 44.5 Å². The molecule has 6 aromatic carbocycles. The fourth-order valence-corrected chi connectivity index (χ4v) is 6.38. The maximum absolute atomic E-state index is 12.3. The van der Waals surface area contributed by atoms with Gasteiger partial charge in [0.1, 0.15) is 11.2 Å². The van der Waals surface area contributed by atoms with E-state index in [1.165, 1.54) is 22.3 Å². The van der Waals surface area contributed by atoms with Gasteiger partial charge in [-0.3, -0.25) is 0 Å². The zero-order chi connectivity index (χ0) is 27.9. The number of hydrogen-bond donors (Lipinski definition) is 2. The number of aliphatic hydroxyl groups is 2. The summed E-state index contributed by atoms with van der Waals surface area (Å²) in [6.45, 7) is 0. The highest BCUT2D eigenvalue weighted by Crippen LogP contribution is 2.45. The van der Waals surface area contributed by atoms with Crippen LogP contribution in [0, 0.1) is 0 Å². The Morgan fingerprint density at radius 1 is 0.341 bits per heavy atom. The summed E-state index contributed by atoms with van der Waals surface area (Å²) in [5.41, 5.74) is 7.13. The monoisotopic (exact) mass is 530 g/mol. The van der Waals surface area contributed by atoms with Crippen LogP contribution in [0.2, 0.25) is 0 Å². The Hall–Kier alpha value is -4.76. The molecule has 1 aliphatic carbocycles. The second-order valence-corrected chi connectivity index (χ2v) is 10.8. The Bertz CT molecular complexity index is 1600. The Labute approximate surface area is 240 Å². The predicted octanol–water partition coefficient (Wildman–Crippen LogP) is 7.83. The molecule has 41 heavy (non-hydrogen) atoms. The SMILES string of the molecule is OC(c1ccccc1)(c1ccccc1)c1ccc2c(c1)Cc1cc(C(O)(c3ccccc3)c3ccccc3)ccc1-2. The van der Waals surface area contributed by atoms with Crippen LogP contribution in [-0.2, 0) is 17.6 Å². The van der Waals surface area contributed by atoms with Crippen molar-refractivity contribution in [2.24, 2.45) is 0 Å². The third kappa shape index (κ3) is 4.12. The second-order valence-electron chi connectivity index (χ2n) is 10.8. The molecule has 0 unspecified atom stereocenters. The summed E-state index contributed by atoms with van der Waals surface area (Å²) in [7, 11) is 0. The van der Waals surface area contributed by atoms with Crippen molar-refractivity contribution in [1.82, 2.24) is 0 Å². The molecule has 2 nitrogen and oxygen atoms in total. The van der Waals surface area contributed by atoms with Gasteiger partial charge in [0.2, 0.25) is 0 Å². The van der Waals surface area contributed by atoms with E-state index < -0.39 is 11.2 Å². The minimum atomic E-state index is -1.28. The van der Waals surface area contributed by atoms with Crippen molar-refractivity contribution in [3.8, 4) is 11.1 Å². The summed E-state index contributed by atoms with van der Waals surface area (Å²) in [4.78, 5) is 0. The minimum Gasteiger partial charge on any atom is -0.376 e. The van der Waals surface area contributed by atoms with Crippen LogP contribution in [-0.4, -0.2) is 10.2 Å². The van der Waals surface area contributed by atoms with Crippen LogP contribution >= 0.6 is 0 Å². The molecule has 0 bridgehead atoms. The zero-order valence-electron chi connectivity index (χ0n) is 22.6. The van der Waals surface area contributed by atoms with Crippen LogP contribution < -0.4 is 0 Å². The van der Waals surface area contributed by atoms with Crippen LogP contribution in [0.25, 0.3) is 11.1 Å². The summed E-state index contributed by atoms with van der Waals surface area (Å²) < 4.78 is 0. The van der Waals surface area contributed by atoms with Crippen molar-refractivity contribution in [2.45, 2.75) is 17.6 Å². The molecule has 7 rings (SSSR count). The number of benzene rings is 6. The maximum atomic E-state index is 12.3. The van der Waals surface area contributed by atoms with Gasteiger partial charge in [0.05, 0.1) is 0 Å². The zero-order valence-corrected chi connectivity index (χ0v) is 22.6. The van der Waals surface area contributed by atoms with E-state index >= 15 is 0 Å². The molecule has 0 fully saturated rings. The highest BCUT2D eigenvalue weighted by Gasteiger charge is 2.37. The van der Waals surface area contributed by atoms with Crippen LogP contribution in [0.15, 0.2) is 158 Å². The molecule has 0 saturated carbocycles. The van der Waals surface area contributed by atoms with Crippen LogP contribution in [0.4, 0.5) is 0 Å². The fraction of sp³-hybridized carbons (Fsp3) is 0.0769. The first-order chi connectivity index (χ1) is 20.1. The van der Waals surface area contributed by atoms with Gasteiger partial charge in [-0.05, 0) is 62.1 Å². The van der Waals surface area contributed by atoms with Crippen LogP contribution in [0.5, 0.6) is 0 Å². The van der Waals surface area contributed by atoms with Crippen LogP contribution in [0.3, 0.4) is 0 Å². The molecule has 6 aromatic rings. The first-order valence-corrected chi connectivity index (χ1v) is 14.0. The van der Waals surface area contributed by atoms with Crippen molar-refractivity contribution < 1.29 is 10.2 Å². The van der Waals surface area contributed by atoms with E-state index in [1.54, 1.807) is 0 Å². The molecule has 2 N–H and O–H groups in total. The van der Waals surface area contributed by atoms with E-state index in [-0.39, 0.29) is 0 Å². The predicted molar refractivity (Wildman–Crippen MR) is 165 cm³/mol. The average Bonchev–Trinajstić information content (AvgIpc) is 3.43. The molecule has 0 amide bonds. The molecule has 0 aliphatic heterocycles. The topological polar surface area (TPSA) is 40.5 Å². The lowest BCUT2D eigenvalue weighted by molar-refractivity contribution is 0.125. The van der Waals surface area contributed by atoms with Gasteiger partial charge in [-0.25, -0.2) is 0 Å².